The summed E-state index contributed by atoms with van der Waals surface area (Å²) < 4.78 is 15.4. The van der Waals surface area contributed by atoms with Crippen LogP contribution < -0.4 is 27.0 Å². The number of rotatable bonds is 14. The lowest BCUT2D eigenvalue weighted by Crippen LogP contribution is -2.37. The molecule has 2 saturated heterocycles. The van der Waals surface area contributed by atoms with E-state index in [1.165, 1.54) is 25.7 Å². The first kappa shape index (κ1) is 46.1. The van der Waals surface area contributed by atoms with Gasteiger partial charge in [-0.05, 0) is 90.3 Å². The third kappa shape index (κ3) is 11.9. The highest BCUT2D eigenvalue weighted by Gasteiger charge is 2.29. The summed E-state index contributed by atoms with van der Waals surface area (Å²) in [5.41, 5.74) is 21.2. The molecule has 0 atom stereocenters. The van der Waals surface area contributed by atoms with Crippen LogP contribution in [0.2, 0.25) is 5.28 Å². The second-order valence-corrected chi connectivity index (χ2v) is 17.8. The summed E-state index contributed by atoms with van der Waals surface area (Å²) >= 11 is 6.47. The Morgan fingerprint density at radius 1 is 0.615 bits per heavy atom. The van der Waals surface area contributed by atoms with Crippen molar-refractivity contribution in [1.82, 2.24) is 68.8 Å². The summed E-state index contributed by atoms with van der Waals surface area (Å²) in [4.78, 5) is 54.3. The van der Waals surface area contributed by atoms with Gasteiger partial charge in [0, 0.05) is 83.6 Å². The third-order valence-corrected chi connectivity index (χ3v) is 11.8. The van der Waals surface area contributed by atoms with Crippen molar-refractivity contribution in [3.8, 4) is 22.8 Å². The summed E-state index contributed by atoms with van der Waals surface area (Å²) in [5, 5.41) is 0.450. The van der Waals surface area contributed by atoms with Gasteiger partial charge in [0.25, 0.3) is 0 Å². The fraction of sp³-hybridized carbons (Fsp3) is 0.581. The van der Waals surface area contributed by atoms with Gasteiger partial charge in [-0.25, -0.2) is 49.8 Å². The number of halogens is 1. The third-order valence-electron chi connectivity index (χ3n) is 11.5. The molecular formula is C43H62ClN19O2. The molecule has 4 aliphatic rings. The van der Waals surface area contributed by atoms with Crippen molar-refractivity contribution in [2.45, 2.75) is 51.6 Å². The maximum absolute atomic E-state index is 6.47. The van der Waals surface area contributed by atoms with Gasteiger partial charge in [0.15, 0.2) is 45.6 Å². The normalized spacial score (nSPS) is 16.6. The first-order valence-corrected chi connectivity index (χ1v) is 22.9. The van der Waals surface area contributed by atoms with Crippen molar-refractivity contribution in [1.29, 1.82) is 0 Å². The number of morpholine rings is 2. The second kappa shape index (κ2) is 21.2. The van der Waals surface area contributed by atoms with Crippen LogP contribution in [0, 0.1) is 11.8 Å². The Morgan fingerprint density at radius 3 is 1.49 bits per heavy atom. The molecule has 0 amide bonds. The average molecular weight is 913 g/mol. The largest absolute Gasteiger partial charge is 0.378 e. The molecular weight excluding hydrogens is 850 g/mol. The highest BCUT2D eigenvalue weighted by atomic mass is 35.5. The van der Waals surface area contributed by atoms with Gasteiger partial charge in [0.05, 0.1) is 37.6 Å². The number of aromatic nitrogens is 12. The van der Waals surface area contributed by atoms with Gasteiger partial charge in [-0.2, -0.15) is 0 Å². The molecule has 0 aromatic carbocycles. The van der Waals surface area contributed by atoms with E-state index >= 15 is 0 Å². The van der Waals surface area contributed by atoms with Gasteiger partial charge >= 0.3 is 0 Å². The number of imidazole rings is 2. The summed E-state index contributed by atoms with van der Waals surface area (Å²) in [6, 6.07) is 0. The molecule has 6 aromatic rings. The number of fused-ring (bicyclic) bond motifs is 2. The van der Waals surface area contributed by atoms with E-state index in [-0.39, 0.29) is 11.9 Å². The van der Waals surface area contributed by atoms with Crippen LogP contribution in [0.1, 0.15) is 37.9 Å². The van der Waals surface area contributed by atoms with Gasteiger partial charge in [-0.15, -0.1) is 0 Å². The van der Waals surface area contributed by atoms with E-state index in [1.807, 2.05) is 18.7 Å². The lowest BCUT2D eigenvalue weighted by molar-refractivity contribution is 0.122. The highest BCUT2D eigenvalue weighted by Crippen LogP contribution is 2.37. The topological polar surface area (TPSA) is 248 Å². The number of ether oxygens (including phenoxy) is 2. The van der Waals surface area contributed by atoms with Crippen molar-refractivity contribution in [3.63, 3.8) is 0 Å². The minimum atomic E-state index is 0.218. The Morgan fingerprint density at radius 2 is 1.06 bits per heavy atom. The molecule has 2 saturated carbocycles. The maximum Gasteiger partial charge on any atom is 0.219 e. The highest BCUT2D eigenvalue weighted by molar-refractivity contribution is 6.29. The molecule has 2 aliphatic carbocycles. The number of nitrogen functional groups attached to an aromatic ring is 2. The fourth-order valence-corrected chi connectivity index (χ4v) is 7.85. The number of hydrogen-bond acceptors (Lipinski definition) is 19. The first-order valence-electron chi connectivity index (χ1n) is 22.6. The molecule has 6 aromatic heterocycles. The molecule has 348 valence electrons. The van der Waals surface area contributed by atoms with E-state index in [1.54, 1.807) is 24.8 Å². The smallest absolute Gasteiger partial charge is 0.219 e. The molecule has 65 heavy (non-hydrogen) atoms. The van der Waals surface area contributed by atoms with Crippen LogP contribution >= 0.6 is 11.6 Å². The Kier molecular flexibility index (Phi) is 15.1. The van der Waals surface area contributed by atoms with Gasteiger partial charge in [-0.1, -0.05) is 0 Å². The molecule has 0 unspecified atom stereocenters. The number of aryl methyl sites for hydroxylation is 1. The van der Waals surface area contributed by atoms with Crippen molar-refractivity contribution < 1.29 is 9.47 Å². The number of anilines is 4. The molecule has 2 aliphatic heterocycles. The van der Waals surface area contributed by atoms with Crippen LogP contribution in [-0.4, -0.2) is 169 Å². The molecule has 6 N–H and O–H groups in total. The predicted octanol–water partition coefficient (Wildman–Crippen LogP) is 2.88. The van der Waals surface area contributed by atoms with Crippen LogP contribution in [0.3, 0.4) is 0 Å². The van der Waals surface area contributed by atoms with E-state index in [9.17, 15) is 0 Å². The fourth-order valence-electron chi connectivity index (χ4n) is 7.62. The molecule has 4 fully saturated rings. The zero-order chi connectivity index (χ0) is 45.5. The molecule has 10 rings (SSSR count). The summed E-state index contributed by atoms with van der Waals surface area (Å²) in [5.74, 6) is 5.70. The number of likely N-dealkylation sites (N-methyl/N-ethyl adjacent to an activating group) is 1. The quantitative estimate of drug-likeness (QED) is 0.133. The van der Waals surface area contributed by atoms with Gasteiger partial charge in [-0.3, -0.25) is 4.57 Å². The zero-order valence-corrected chi connectivity index (χ0v) is 38.7. The maximum atomic E-state index is 6.47. The van der Waals surface area contributed by atoms with Crippen molar-refractivity contribution in [2.24, 2.45) is 17.6 Å². The molecule has 22 heteroatoms. The van der Waals surface area contributed by atoms with Crippen molar-refractivity contribution >= 4 is 57.5 Å². The SMILES string of the molecule is CN(C)CCCc1nc2c(N3CCOCC3)nc(-c3cnc(N)nc3)nc2n1CC1CC1.CN(C)CCN.Nc1ncc(-c2nc(N3CCOCC3)c3nc(Cl)n(CC4CC4)c3n2)cn1. The van der Waals surface area contributed by atoms with Gasteiger partial charge in [0.2, 0.25) is 17.2 Å². The van der Waals surface area contributed by atoms with Gasteiger partial charge in [0.1, 0.15) is 5.82 Å². The van der Waals surface area contributed by atoms with Crippen LogP contribution in [0.15, 0.2) is 24.8 Å². The van der Waals surface area contributed by atoms with E-state index in [0.717, 1.165) is 117 Å². The van der Waals surface area contributed by atoms with Crippen molar-refractivity contribution in [3.05, 3.63) is 35.9 Å². The van der Waals surface area contributed by atoms with E-state index in [4.69, 9.17) is 63.2 Å². The van der Waals surface area contributed by atoms with E-state index in [0.29, 0.717) is 60.8 Å². The molecule has 0 spiro atoms. The average Bonchev–Trinajstić information content (AvgIpc) is 4.25. The van der Waals surface area contributed by atoms with Crippen LogP contribution in [0.5, 0.6) is 0 Å². The molecule has 21 nitrogen and oxygen atoms in total. The monoisotopic (exact) mass is 912 g/mol. The summed E-state index contributed by atoms with van der Waals surface area (Å²) in [7, 11) is 8.23. The Labute approximate surface area is 384 Å². The second-order valence-electron chi connectivity index (χ2n) is 17.5. The predicted molar refractivity (Wildman–Crippen MR) is 253 cm³/mol. The molecule has 0 radical (unpaired) electrons. The summed E-state index contributed by atoms with van der Waals surface area (Å²) in [6.07, 6.45) is 13.6. The zero-order valence-electron chi connectivity index (χ0n) is 38.0. The van der Waals surface area contributed by atoms with Crippen LogP contribution in [0.4, 0.5) is 23.5 Å². The number of hydrogen-bond donors (Lipinski definition) is 3. The Hall–Kier alpha value is -5.45. The molecule has 8 heterocycles. The minimum absolute atomic E-state index is 0.218. The van der Waals surface area contributed by atoms with E-state index in [2.05, 4.69) is 63.2 Å². The Bertz CT molecular complexity index is 2480. The van der Waals surface area contributed by atoms with Crippen LogP contribution in [0.25, 0.3) is 45.1 Å². The lowest BCUT2D eigenvalue weighted by atomic mass is 10.3. The Balaban J connectivity index is 0.000000159. The van der Waals surface area contributed by atoms with Gasteiger partial charge < -0.3 is 50.8 Å². The minimum Gasteiger partial charge on any atom is -0.378 e. The first-order chi connectivity index (χ1) is 31.5. The number of nitrogens with two attached hydrogens (primary N) is 3. The van der Waals surface area contributed by atoms with Crippen molar-refractivity contribution in [2.75, 3.05) is 122 Å². The summed E-state index contributed by atoms with van der Waals surface area (Å²) in [6.45, 7) is 10.3. The standard InChI is InChI=1S/C22H31N9O.C17H19ClN8O.C4H12N2/c1-29(2)7-3-4-17-26-18-20(30-8-10-32-11-9-30)27-19(16-12-24-22(23)25-13-16)28-21(18)31(17)14-15-5-6-15;18-16-22-12-14(25-3-5-27-6-4-25)23-13(11-7-20-17(19)21-8-11)24-15(12)26(16)9-10-1-2-10;1-6(2)4-3-5/h12-13,15H,3-11,14H2,1-2H3,(H2,23,24,25);7-8,10H,1-6,9H2,(H2,19,20,21);3-5H2,1-2H3. The van der Waals surface area contributed by atoms with Crippen LogP contribution in [-0.2, 0) is 29.0 Å². The van der Waals surface area contributed by atoms with E-state index < -0.39 is 0 Å². The number of nitrogens with zero attached hydrogens (tertiary/aromatic N) is 16. The molecule has 0 bridgehead atoms. The lowest BCUT2D eigenvalue weighted by Gasteiger charge is -2.28.